The molecular formula is C18H34Cl3. The molecule has 0 saturated heterocycles. The number of hydrogen-bond acceptors (Lipinski definition) is 0. The van der Waals surface area contributed by atoms with Crippen LogP contribution in [0.25, 0.3) is 0 Å². The highest BCUT2D eigenvalue weighted by molar-refractivity contribution is 6.67. The minimum atomic E-state index is -1.05. The Morgan fingerprint density at radius 1 is 0.476 bits per heavy atom. The fraction of sp³-hybridized carbons (Fsp3) is 0.944. The van der Waals surface area contributed by atoms with E-state index in [1.54, 1.807) is 0 Å². The maximum Gasteiger partial charge on any atom is 0.190 e. The summed E-state index contributed by atoms with van der Waals surface area (Å²) >= 11 is 17.2. The van der Waals surface area contributed by atoms with Crippen molar-refractivity contribution >= 4 is 34.8 Å². The summed E-state index contributed by atoms with van der Waals surface area (Å²) < 4.78 is -1.05. The average molecular weight is 357 g/mol. The Hall–Kier alpha value is 0.870. The third-order valence-corrected chi connectivity index (χ3v) is 4.53. The summed E-state index contributed by atoms with van der Waals surface area (Å²) in [4.78, 5) is 0. The molecular weight excluding hydrogens is 323 g/mol. The van der Waals surface area contributed by atoms with Crippen LogP contribution in [0.1, 0.15) is 103 Å². The second kappa shape index (κ2) is 15.8. The van der Waals surface area contributed by atoms with Crippen molar-refractivity contribution in [2.75, 3.05) is 0 Å². The topological polar surface area (TPSA) is 0 Å². The van der Waals surface area contributed by atoms with E-state index in [0.29, 0.717) is 6.42 Å². The molecule has 1 radical (unpaired) electrons. The number of halogens is 3. The van der Waals surface area contributed by atoms with E-state index in [1.165, 1.54) is 83.5 Å². The van der Waals surface area contributed by atoms with Crippen LogP contribution in [-0.4, -0.2) is 3.79 Å². The summed E-state index contributed by atoms with van der Waals surface area (Å²) in [7, 11) is 0. The third-order valence-electron chi connectivity index (χ3n) is 3.96. The van der Waals surface area contributed by atoms with Gasteiger partial charge in [-0.3, -0.25) is 0 Å². The quantitative estimate of drug-likeness (QED) is 0.204. The molecule has 0 aliphatic rings. The molecule has 0 saturated carbocycles. The molecule has 21 heavy (non-hydrogen) atoms. The summed E-state index contributed by atoms with van der Waals surface area (Å²) in [5.41, 5.74) is 0. The maximum atomic E-state index is 5.72. The Bertz CT molecular complexity index is 199. The molecule has 0 heterocycles. The van der Waals surface area contributed by atoms with Gasteiger partial charge in [0.2, 0.25) is 0 Å². The Labute approximate surface area is 148 Å². The van der Waals surface area contributed by atoms with Crippen LogP contribution < -0.4 is 0 Å². The molecule has 0 aromatic carbocycles. The third kappa shape index (κ3) is 20.9. The Kier molecular flexibility index (Phi) is 16.4. The van der Waals surface area contributed by atoms with Gasteiger partial charge in [0.1, 0.15) is 0 Å². The molecule has 0 atom stereocenters. The minimum absolute atomic E-state index is 0.687. The average Bonchev–Trinajstić information content (AvgIpc) is 2.42. The Balaban J connectivity index is 3.00. The van der Waals surface area contributed by atoms with Gasteiger partial charge in [0, 0.05) is 0 Å². The summed E-state index contributed by atoms with van der Waals surface area (Å²) in [6.45, 7) is 3.88. The van der Waals surface area contributed by atoms with Crippen LogP contribution in [0.2, 0.25) is 0 Å². The number of rotatable bonds is 15. The highest BCUT2D eigenvalue weighted by Crippen LogP contribution is 2.32. The van der Waals surface area contributed by atoms with Gasteiger partial charge in [-0.25, -0.2) is 0 Å². The molecule has 0 aliphatic carbocycles. The van der Waals surface area contributed by atoms with Crippen molar-refractivity contribution < 1.29 is 0 Å². The lowest BCUT2D eigenvalue weighted by molar-refractivity contribution is 0.531. The van der Waals surface area contributed by atoms with Crippen molar-refractivity contribution in [3.63, 3.8) is 0 Å². The van der Waals surface area contributed by atoms with E-state index in [4.69, 9.17) is 34.8 Å². The highest BCUT2D eigenvalue weighted by atomic mass is 35.6. The maximum absolute atomic E-state index is 5.72. The Morgan fingerprint density at radius 3 is 1.05 bits per heavy atom. The van der Waals surface area contributed by atoms with Gasteiger partial charge < -0.3 is 0 Å². The summed E-state index contributed by atoms with van der Waals surface area (Å²) in [5.74, 6) is 0. The molecule has 0 nitrogen and oxygen atoms in total. The molecule has 0 aromatic rings. The van der Waals surface area contributed by atoms with E-state index in [9.17, 15) is 0 Å². The zero-order chi connectivity index (χ0) is 15.8. The standard InChI is InChI=1S/C18H34Cl3/c1-2-3-4-5-6-7-8-9-10-11-12-13-14-15-16-17-18(19,20)21/h1-17H2. The van der Waals surface area contributed by atoms with Crippen molar-refractivity contribution in [3.05, 3.63) is 6.92 Å². The lowest BCUT2D eigenvalue weighted by Crippen LogP contribution is -2.00. The lowest BCUT2D eigenvalue weighted by Gasteiger charge is -2.09. The molecule has 0 aliphatic heterocycles. The monoisotopic (exact) mass is 355 g/mol. The van der Waals surface area contributed by atoms with Crippen LogP contribution in [-0.2, 0) is 0 Å². The summed E-state index contributed by atoms with van der Waals surface area (Å²) in [6, 6.07) is 0. The SMILES string of the molecule is [CH2]CCCCCCCCCCCCCCCCC(Cl)(Cl)Cl. The predicted molar refractivity (Wildman–Crippen MR) is 99.5 cm³/mol. The van der Waals surface area contributed by atoms with Crippen molar-refractivity contribution in [3.8, 4) is 0 Å². The van der Waals surface area contributed by atoms with Gasteiger partial charge in [0.05, 0.1) is 0 Å². The molecule has 0 N–H and O–H groups in total. The molecule has 0 spiro atoms. The van der Waals surface area contributed by atoms with Gasteiger partial charge in [-0.1, -0.05) is 132 Å². The molecule has 0 bridgehead atoms. The second-order valence-electron chi connectivity index (χ2n) is 6.17. The largest absolute Gasteiger partial charge is 0.190 e. The van der Waals surface area contributed by atoms with Crippen LogP contribution in [0.15, 0.2) is 0 Å². The molecule has 127 valence electrons. The lowest BCUT2D eigenvalue weighted by atomic mass is 10.0. The smallest absolute Gasteiger partial charge is 0.0837 e. The molecule has 0 unspecified atom stereocenters. The highest BCUT2D eigenvalue weighted by Gasteiger charge is 2.17. The number of alkyl halides is 3. The van der Waals surface area contributed by atoms with Crippen molar-refractivity contribution in [1.29, 1.82) is 0 Å². The first kappa shape index (κ1) is 21.9. The fourth-order valence-electron chi connectivity index (χ4n) is 2.62. The van der Waals surface area contributed by atoms with Crippen LogP contribution in [0, 0.1) is 6.92 Å². The summed E-state index contributed by atoms with van der Waals surface area (Å²) in [6.07, 6.45) is 20.6. The van der Waals surface area contributed by atoms with Gasteiger partial charge >= 0.3 is 0 Å². The van der Waals surface area contributed by atoms with Gasteiger partial charge in [0.25, 0.3) is 0 Å². The molecule has 0 fully saturated rings. The van der Waals surface area contributed by atoms with E-state index >= 15 is 0 Å². The van der Waals surface area contributed by atoms with E-state index in [2.05, 4.69) is 6.92 Å². The van der Waals surface area contributed by atoms with E-state index in [0.717, 1.165) is 12.8 Å². The first-order valence-corrected chi connectivity index (χ1v) is 10.1. The van der Waals surface area contributed by atoms with Gasteiger partial charge in [-0.2, -0.15) is 0 Å². The van der Waals surface area contributed by atoms with E-state index < -0.39 is 3.79 Å². The van der Waals surface area contributed by atoms with Crippen molar-refractivity contribution in [1.82, 2.24) is 0 Å². The minimum Gasteiger partial charge on any atom is -0.0837 e. The number of unbranched alkanes of at least 4 members (excludes halogenated alkanes) is 14. The predicted octanol–water partition coefficient (Wildman–Crippen LogP) is 8.43. The Morgan fingerprint density at radius 2 is 0.762 bits per heavy atom. The summed E-state index contributed by atoms with van der Waals surface area (Å²) in [5, 5.41) is 0. The zero-order valence-electron chi connectivity index (χ0n) is 13.7. The first-order chi connectivity index (χ1) is 10.1. The van der Waals surface area contributed by atoms with Crippen molar-refractivity contribution in [2.24, 2.45) is 0 Å². The van der Waals surface area contributed by atoms with E-state index in [-0.39, 0.29) is 0 Å². The second-order valence-corrected chi connectivity index (χ2v) is 8.68. The zero-order valence-corrected chi connectivity index (χ0v) is 15.9. The fourth-order valence-corrected chi connectivity index (χ4v) is 3.02. The molecule has 0 aromatic heterocycles. The van der Waals surface area contributed by atoms with Crippen LogP contribution in [0.5, 0.6) is 0 Å². The molecule has 3 heteroatoms. The normalized spacial score (nSPS) is 12.0. The van der Waals surface area contributed by atoms with E-state index in [1.807, 2.05) is 0 Å². The van der Waals surface area contributed by atoms with Crippen LogP contribution >= 0.6 is 34.8 Å². The van der Waals surface area contributed by atoms with Crippen LogP contribution in [0.3, 0.4) is 0 Å². The van der Waals surface area contributed by atoms with Gasteiger partial charge in [0.15, 0.2) is 3.79 Å². The molecule has 0 rings (SSSR count). The van der Waals surface area contributed by atoms with Crippen molar-refractivity contribution in [2.45, 2.75) is 107 Å². The first-order valence-electron chi connectivity index (χ1n) is 8.92. The van der Waals surface area contributed by atoms with Crippen LogP contribution in [0.4, 0.5) is 0 Å². The number of hydrogen-bond donors (Lipinski definition) is 0. The van der Waals surface area contributed by atoms with Gasteiger partial charge in [-0.05, 0) is 12.8 Å². The van der Waals surface area contributed by atoms with Gasteiger partial charge in [-0.15, -0.1) is 0 Å². The molecule has 0 amide bonds.